The summed E-state index contributed by atoms with van der Waals surface area (Å²) in [5, 5.41) is 19.1. The third kappa shape index (κ3) is 8.24. The first-order valence-electron chi connectivity index (χ1n) is 11.7. The van der Waals surface area contributed by atoms with Crippen molar-refractivity contribution in [3.8, 4) is 5.75 Å². The fraction of sp³-hybridized carbons (Fsp3) is 0.286. The third-order valence-electron chi connectivity index (χ3n) is 5.49. The first-order valence-corrected chi connectivity index (χ1v) is 11.7. The summed E-state index contributed by atoms with van der Waals surface area (Å²) in [6.45, 7) is 5.25. The number of hydrogen-bond acceptors (Lipinski definition) is 5. The Bertz CT molecular complexity index is 1020. The lowest BCUT2D eigenvalue weighted by Gasteiger charge is -2.25. The van der Waals surface area contributed by atoms with Gasteiger partial charge in [0.2, 0.25) is 11.8 Å². The highest BCUT2D eigenvalue weighted by Crippen LogP contribution is 2.30. The summed E-state index contributed by atoms with van der Waals surface area (Å²) >= 11 is 0. The average molecular weight is 476 g/mol. The van der Waals surface area contributed by atoms with Crippen molar-refractivity contribution in [3.05, 3.63) is 90.0 Å². The molecule has 0 saturated carbocycles. The molecule has 184 valence electrons. The predicted molar refractivity (Wildman–Crippen MR) is 138 cm³/mol. The minimum Gasteiger partial charge on any atom is -0.473 e. The maximum Gasteiger partial charge on any atom is 0.221 e. The molecule has 0 radical (unpaired) electrons. The summed E-state index contributed by atoms with van der Waals surface area (Å²) in [6.07, 6.45) is -0.523. The van der Waals surface area contributed by atoms with Gasteiger partial charge in [0, 0.05) is 31.1 Å². The Morgan fingerprint density at radius 1 is 0.800 bits per heavy atom. The van der Waals surface area contributed by atoms with E-state index in [1.165, 1.54) is 13.8 Å². The van der Waals surface area contributed by atoms with Crippen LogP contribution in [0.25, 0.3) is 0 Å². The quantitative estimate of drug-likeness (QED) is 0.306. The van der Waals surface area contributed by atoms with E-state index in [1.807, 2.05) is 78.9 Å². The van der Waals surface area contributed by atoms with E-state index in [0.29, 0.717) is 12.3 Å². The van der Waals surface area contributed by atoms with Crippen LogP contribution in [0.4, 0.5) is 11.4 Å². The highest BCUT2D eigenvalue weighted by atomic mass is 16.5. The Balaban J connectivity index is 1.75. The zero-order valence-electron chi connectivity index (χ0n) is 20.3. The lowest BCUT2D eigenvalue weighted by atomic mass is 9.88. The van der Waals surface area contributed by atoms with Gasteiger partial charge >= 0.3 is 0 Å². The molecule has 7 heteroatoms. The van der Waals surface area contributed by atoms with Gasteiger partial charge in [-0.05, 0) is 67.4 Å². The number of carbonyl (C=O) groups excluding carboxylic acids is 2. The van der Waals surface area contributed by atoms with Gasteiger partial charge in [0.15, 0.2) is 6.23 Å². The van der Waals surface area contributed by atoms with Gasteiger partial charge in [-0.1, -0.05) is 42.5 Å². The molecule has 0 aliphatic carbocycles. The number of nitrogens with one attached hydrogen (secondary N) is 3. The van der Waals surface area contributed by atoms with E-state index >= 15 is 0 Å². The van der Waals surface area contributed by atoms with Gasteiger partial charge in [0.25, 0.3) is 0 Å². The average Bonchev–Trinajstić information content (AvgIpc) is 2.82. The van der Waals surface area contributed by atoms with Crippen LogP contribution < -0.4 is 20.7 Å². The van der Waals surface area contributed by atoms with Crippen molar-refractivity contribution < 1.29 is 19.4 Å². The molecule has 3 aromatic carbocycles. The summed E-state index contributed by atoms with van der Waals surface area (Å²) in [5.74, 6) is 0.500. The van der Waals surface area contributed by atoms with Crippen molar-refractivity contribution in [3.63, 3.8) is 0 Å². The molecule has 2 atom stereocenters. The summed E-state index contributed by atoms with van der Waals surface area (Å²) in [7, 11) is 0. The molecule has 0 spiro atoms. The molecule has 4 N–H and O–H groups in total. The van der Waals surface area contributed by atoms with Gasteiger partial charge in [-0.25, -0.2) is 0 Å². The zero-order chi connectivity index (χ0) is 25.2. The van der Waals surface area contributed by atoms with Crippen molar-refractivity contribution in [2.75, 3.05) is 17.2 Å². The molecular formula is C28H33N3O4. The van der Waals surface area contributed by atoms with E-state index in [-0.39, 0.29) is 17.7 Å². The second-order valence-corrected chi connectivity index (χ2v) is 8.49. The van der Waals surface area contributed by atoms with Gasteiger partial charge < -0.3 is 20.5 Å². The van der Waals surface area contributed by atoms with Gasteiger partial charge in [-0.15, -0.1) is 0 Å². The number of carbonyl (C=O) groups is 2. The van der Waals surface area contributed by atoms with Crippen LogP contribution in [0.15, 0.2) is 78.9 Å². The van der Waals surface area contributed by atoms with Crippen LogP contribution in [-0.2, 0) is 9.59 Å². The van der Waals surface area contributed by atoms with Crippen LogP contribution in [-0.4, -0.2) is 35.8 Å². The van der Waals surface area contributed by atoms with Crippen molar-refractivity contribution in [1.29, 1.82) is 0 Å². The van der Waals surface area contributed by atoms with Gasteiger partial charge in [0.05, 0.1) is 0 Å². The fourth-order valence-corrected chi connectivity index (χ4v) is 3.86. The molecule has 3 aromatic rings. The van der Waals surface area contributed by atoms with Crippen molar-refractivity contribution >= 4 is 23.2 Å². The van der Waals surface area contributed by atoms with E-state index in [0.717, 1.165) is 28.9 Å². The topological polar surface area (TPSA) is 99.7 Å². The lowest BCUT2D eigenvalue weighted by molar-refractivity contribution is -0.115. The van der Waals surface area contributed by atoms with E-state index in [9.17, 15) is 14.7 Å². The third-order valence-corrected chi connectivity index (χ3v) is 5.49. The largest absolute Gasteiger partial charge is 0.473 e. The Labute approximate surface area is 206 Å². The number of amides is 2. The van der Waals surface area contributed by atoms with E-state index in [2.05, 4.69) is 16.0 Å². The number of benzene rings is 3. The number of aliphatic hydroxyl groups is 1. The Kier molecular flexibility index (Phi) is 9.40. The molecule has 3 rings (SSSR count). The number of ether oxygens (including phenoxy) is 1. The second kappa shape index (κ2) is 12.7. The lowest BCUT2D eigenvalue weighted by Crippen LogP contribution is -2.43. The molecule has 0 fully saturated rings. The van der Waals surface area contributed by atoms with Crippen LogP contribution in [0.3, 0.4) is 0 Å². The minimum absolute atomic E-state index is 0.0478. The number of hydrogen-bond donors (Lipinski definition) is 4. The van der Waals surface area contributed by atoms with Crippen LogP contribution in [0.1, 0.15) is 44.2 Å². The zero-order valence-corrected chi connectivity index (χ0v) is 20.3. The van der Waals surface area contributed by atoms with Crippen molar-refractivity contribution in [1.82, 2.24) is 5.32 Å². The van der Waals surface area contributed by atoms with Gasteiger partial charge in [0.1, 0.15) is 11.9 Å². The smallest absolute Gasteiger partial charge is 0.221 e. The molecule has 35 heavy (non-hydrogen) atoms. The summed E-state index contributed by atoms with van der Waals surface area (Å²) in [6, 6.07) is 25.0. The van der Waals surface area contributed by atoms with Crippen molar-refractivity contribution in [2.45, 2.75) is 45.4 Å². The first kappa shape index (κ1) is 25.9. The molecule has 0 aromatic heterocycles. The highest BCUT2D eigenvalue weighted by molar-refractivity contribution is 5.89. The standard InChI is InChI=1S/C28H33N3O4/c1-19(32)28(35-26-7-5-4-6-8-26)29-18-17-27(22-9-13-24(14-10-22)30-20(2)33)23-11-15-25(16-12-23)31-21(3)34/h4-16,19,27-29,32H,17-18H2,1-3H3,(H,30,33)(H,31,34). The van der Waals surface area contributed by atoms with Crippen LogP contribution in [0.2, 0.25) is 0 Å². The maximum absolute atomic E-state index is 11.4. The van der Waals surface area contributed by atoms with Gasteiger partial charge in [-0.3, -0.25) is 14.9 Å². The Morgan fingerprint density at radius 3 is 1.71 bits per heavy atom. The number of aliphatic hydroxyl groups excluding tert-OH is 1. The normalized spacial score (nSPS) is 12.6. The predicted octanol–water partition coefficient (Wildman–Crippen LogP) is 4.50. The van der Waals surface area contributed by atoms with Crippen LogP contribution >= 0.6 is 0 Å². The molecule has 7 nitrogen and oxygen atoms in total. The molecular weight excluding hydrogens is 442 g/mol. The van der Waals surface area contributed by atoms with Crippen LogP contribution in [0.5, 0.6) is 5.75 Å². The van der Waals surface area contributed by atoms with E-state index in [1.54, 1.807) is 6.92 Å². The van der Waals surface area contributed by atoms with Crippen LogP contribution in [0, 0.1) is 0 Å². The van der Waals surface area contributed by atoms with Gasteiger partial charge in [-0.2, -0.15) is 0 Å². The molecule has 2 amide bonds. The summed E-state index contributed by atoms with van der Waals surface area (Å²) in [5.41, 5.74) is 3.66. The molecule has 0 saturated heterocycles. The maximum atomic E-state index is 11.4. The Morgan fingerprint density at radius 2 is 1.29 bits per heavy atom. The second-order valence-electron chi connectivity index (χ2n) is 8.49. The summed E-state index contributed by atoms with van der Waals surface area (Å²) < 4.78 is 5.93. The van der Waals surface area contributed by atoms with E-state index < -0.39 is 12.3 Å². The molecule has 0 heterocycles. The number of para-hydroxylation sites is 1. The summed E-state index contributed by atoms with van der Waals surface area (Å²) in [4.78, 5) is 22.7. The molecule has 0 aliphatic heterocycles. The van der Waals surface area contributed by atoms with E-state index in [4.69, 9.17) is 4.74 Å². The first-order chi connectivity index (χ1) is 16.8. The SMILES string of the molecule is CC(=O)Nc1ccc(C(CCNC(Oc2ccccc2)C(C)O)c2ccc(NC(C)=O)cc2)cc1. The minimum atomic E-state index is -0.706. The monoisotopic (exact) mass is 475 g/mol. The molecule has 2 unspecified atom stereocenters. The number of anilines is 2. The number of rotatable bonds is 11. The molecule has 0 bridgehead atoms. The Hall–Kier alpha value is -3.68. The fourth-order valence-electron chi connectivity index (χ4n) is 3.86. The highest BCUT2D eigenvalue weighted by Gasteiger charge is 2.19. The van der Waals surface area contributed by atoms with Crippen molar-refractivity contribution in [2.24, 2.45) is 0 Å². The molecule has 0 aliphatic rings.